The highest BCUT2D eigenvalue weighted by Crippen LogP contribution is 2.29. The molecule has 20 heavy (non-hydrogen) atoms. The van der Waals surface area contributed by atoms with Crippen molar-refractivity contribution in [2.24, 2.45) is 5.92 Å². The molecule has 0 aromatic carbocycles. The van der Waals surface area contributed by atoms with Crippen LogP contribution in [-0.2, 0) is 0 Å². The van der Waals surface area contributed by atoms with Crippen molar-refractivity contribution in [3.63, 3.8) is 0 Å². The van der Waals surface area contributed by atoms with E-state index in [9.17, 15) is 9.90 Å². The van der Waals surface area contributed by atoms with Gasteiger partial charge in [0.05, 0.1) is 0 Å². The van der Waals surface area contributed by atoms with Gasteiger partial charge in [-0.2, -0.15) is 11.8 Å². The molecule has 2 aliphatic carbocycles. The summed E-state index contributed by atoms with van der Waals surface area (Å²) in [4.78, 5) is 12.1. The van der Waals surface area contributed by atoms with Gasteiger partial charge in [-0.25, -0.2) is 4.79 Å². The number of amides is 2. The number of hydrogen-bond acceptors (Lipinski definition) is 3. The lowest BCUT2D eigenvalue weighted by molar-refractivity contribution is 0.153. The normalized spacial score (nSPS) is 33.9. The van der Waals surface area contributed by atoms with Crippen LogP contribution in [0.5, 0.6) is 0 Å². The molecule has 2 saturated carbocycles. The van der Waals surface area contributed by atoms with Crippen molar-refractivity contribution in [3.05, 3.63) is 0 Å². The van der Waals surface area contributed by atoms with Crippen molar-refractivity contribution < 1.29 is 9.90 Å². The molecule has 5 heteroatoms. The zero-order valence-electron chi connectivity index (χ0n) is 12.4. The van der Waals surface area contributed by atoms with E-state index in [1.807, 2.05) is 11.8 Å². The smallest absolute Gasteiger partial charge is 0.315 e. The molecule has 2 aliphatic rings. The molecule has 0 aliphatic heterocycles. The fraction of sp³-hybridized carbons (Fsp3) is 0.933. The van der Waals surface area contributed by atoms with Crippen LogP contribution in [-0.4, -0.2) is 40.8 Å². The van der Waals surface area contributed by atoms with Crippen LogP contribution in [0.15, 0.2) is 0 Å². The number of aliphatic hydroxyl groups is 1. The van der Waals surface area contributed by atoms with Gasteiger partial charge in [0, 0.05) is 29.9 Å². The highest BCUT2D eigenvalue weighted by molar-refractivity contribution is 7.99. The second-order valence-electron chi connectivity index (χ2n) is 6.04. The number of rotatable bonds is 5. The van der Waals surface area contributed by atoms with Gasteiger partial charge >= 0.3 is 6.03 Å². The molecular weight excluding hydrogens is 272 g/mol. The van der Waals surface area contributed by atoms with E-state index in [0.29, 0.717) is 11.3 Å². The summed E-state index contributed by atoms with van der Waals surface area (Å²) in [5.41, 5.74) is 0. The molecule has 0 aromatic heterocycles. The second kappa shape index (κ2) is 8.13. The van der Waals surface area contributed by atoms with Gasteiger partial charge in [-0.1, -0.05) is 19.8 Å². The predicted octanol–water partition coefficient (Wildman–Crippen LogP) is 2.51. The maximum Gasteiger partial charge on any atom is 0.315 e. The highest BCUT2D eigenvalue weighted by atomic mass is 32.2. The maximum atomic E-state index is 12.1. The van der Waals surface area contributed by atoms with Crippen molar-refractivity contribution in [1.82, 2.24) is 10.6 Å². The standard InChI is InChI=1S/C15H28N2O2S/c1-2-20-13-8-7-12(9-13)16-15(19)17-14-6-4-3-5-11(14)10-18/h11-14,18H,2-10H2,1H3,(H2,16,17,19)/t11-,12+,13-,14+/m1/s1. The lowest BCUT2D eigenvalue weighted by Gasteiger charge is -2.31. The minimum atomic E-state index is -0.0394. The Bertz CT molecular complexity index is 314. The Morgan fingerprint density at radius 1 is 1.20 bits per heavy atom. The van der Waals surface area contributed by atoms with E-state index in [0.717, 1.165) is 37.9 Å². The molecule has 0 spiro atoms. The molecule has 116 valence electrons. The van der Waals surface area contributed by atoms with Gasteiger partial charge < -0.3 is 15.7 Å². The largest absolute Gasteiger partial charge is 0.396 e. The second-order valence-corrected chi connectivity index (χ2v) is 7.62. The lowest BCUT2D eigenvalue weighted by Crippen LogP contribution is -2.49. The summed E-state index contributed by atoms with van der Waals surface area (Å²) in [7, 11) is 0. The number of urea groups is 1. The number of carbonyl (C=O) groups is 1. The highest BCUT2D eigenvalue weighted by Gasteiger charge is 2.29. The Morgan fingerprint density at radius 3 is 2.75 bits per heavy atom. The van der Waals surface area contributed by atoms with Crippen molar-refractivity contribution in [2.45, 2.75) is 69.2 Å². The molecule has 0 saturated heterocycles. The molecule has 0 aromatic rings. The van der Waals surface area contributed by atoms with Gasteiger partial charge in [0.1, 0.15) is 0 Å². The SMILES string of the molecule is CCS[C@@H]1CC[C@H](NC(=O)N[C@H]2CCCC[C@@H]2CO)C1. The first kappa shape index (κ1) is 16.0. The third kappa shape index (κ3) is 4.55. The Kier molecular flexibility index (Phi) is 6.49. The Morgan fingerprint density at radius 2 is 2.00 bits per heavy atom. The zero-order valence-corrected chi connectivity index (χ0v) is 13.3. The summed E-state index contributed by atoms with van der Waals surface area (Å²) in [6.45, 7) is 2.37. The van der Waals surface area contributed by atoms with Crippen LogP contribution >= 0.6 is 11.8 Å². The topological polar surface area (TPSA) is 61.4 Å². The number of thioether (sulfide) groups is 1. The van der Waals surface area contributed by atoms with Crippen LogP contribution in [0, 0.1) is 5.92 Å². The maximum absolute atomic E-state index is 12.1. The third-order valence-corrected chi connectivity index (χ3v) is 5.82. The van der Waals surface area contributed by atoms with E-state index < -0.39 is 0 Å². The molecule has 4 atom stereocenters. The van der Waals surface area contributed by atoms with Gasteiger partial charge in [0.25, 0.3) is 0 Å². The molecule has 0 radical (unpaired) electrons. The van der Waals surface area contributed by atoms with E-state index in [-0.39, 0.29) is 24.6 Å². The summed E-state index contributed by atoms with van der Waals surface area (Å²) < 4.78 is 0. The summed E-state index contributed by atoms with van der Waals surface area (Å²) in [6, 6.07) is 0.439. The molecule has 2 fully saturated rings. The van der Waals surface area contributed by atoms with Crippen LogP contribution < -0.4 is 10.6 Å². The molecule has 2 amide bonds. The van der Waals surface area contributed by atoms with Crippen molar-refractivity contribution in [3.8, 4) is 0 Å². The van der Waals surface area contributed by atoms with E-state index in [1.54, 1.807) is 0 Å². The molecule has 0 unspecified atom stereocenters. The minimum Gasteiger partial charge on any atom is -0.396 e. The Balaban J connectivity index is 1.72. The third-order valence-electron chi connectivity index (χ3n) is 4.58. The number of hydrogen-bond donors (Lipinski definition) is 3. The summed E-state index contributed by atoms with van der Waals surface area (Å²) in [5.74, 6) is 1.39. The average molecular weight is 300 g/mol. The van der Waals surface area contributed by atoms with E-state index in [2.05, 4.69) is 17.6 Å². The van der Waals surface area contributed by atoms with Gasteiger partial charge in [-0.3, -0.25) is 0 Å². The molecule has 3 N–H and O–H groups in total. The summed E-state index contributed by atoms with van der Waals surface area (Å²) >= 11 is 2.00. The monoisotopic (exact) mass is 300 g/mol. The summed E-state index contributed by atoms with van der Waals surface area (Å²) in [6.07, 6.45) is 7.76. The van der Waals surface area contributed by atoms with Crippen LogP contribution in [0.4, 0.5) is 4.79 Å². The first-order valence-electron chi connectivity index (χ1n) is 8.02. The van der Waals surface area contributed by atoms with Crippen LogP contribution in [0.3, 0.4) is 0 Å². The van der Waals surface area contributed by atoms with Crippen LogP contribution in [0.25, 0.3) is 0 Å². The first-order valence-corrected chi connectivity index (χ1v) is 9.07. The molecule has 4 nitrogen and oxygen atoms in total. The van der Waals surface area contributed by atoms with Gasteiger partial charge in [0.2, 0.25) is 0 Å². The molecule has 0 bridgehead atoms. The fourth-order valence-electron chi connectivity index (χ4n) is 3.47. The first-order chi connectivity index (χ1) is 9.72. The fourth-order valence-corrected chi connectivity index (χ4v) is 4.61. The predicted molar refractivity (Wildman–Crippen MR) is 84.1 cm³/mol. The van der Waals surface area contributed by atoms with Crippen LogP contribution in [0.1, 0.15) is 51.9 Å². The Hall–Kier alpha value is -0.420. The lowest BCUT2D eigenvalue weighted by atomic mass is 9.85. The number of nitrogens with one attached hydrogen (secondary N) is 2. The summed E-state index contributed by atoms with van der Waals surface area (Å²) in [5, 5.41) is 16.3. The van der Waals surface area contributed by atoms with Gasteiger partial charge in [-0.05, 0) is 37.9 Å². The van der Waals surface area contributed by atoms with Crippen molar-refractivity contribution >= 4 is 17.8 Å². The Labute approximate surface area is 126 Å². The van der Waals surface area contributed by atoms with E-state index in [1.165, 1.54) is 12.8 Å². The van der Waals surface area contributed by atoms with Gasteiger partial charge in [0.15, 0.2) is 0 Å². The van der Waals surface area contributed by atoms with Crippen LogP contribution in [0.2, 0.25) is 0 Å². The zero-order chi connectivity index (χ0) is 14.4. The minimum absolute atomic E-state index is 0.0394. The van der Waals surface area contributed by atoms with E-state index >= 15 is 0 Å². The molecular formula is C15H28N2O2S. The van der Waals surface area contributed by atoms with E-state index in [4.69, 9.17) is 0 Å². The average Bonchev–Trinajstić information content (AvgIpc) is 2.87. The molecule has 0 heterocycles. The number of aliphatic hydroxyl groups excluding tert-OH is 1. The van der Waals surface area contributed by atoms with Gasteiger partial charge in [-0.15, -0.1) is 0 Å². The quantitative estimate of drug-likeness (QED) is 0.731. The number of carbonyl (C=O) groups excluding carboxylic acids is 1. The van der Waals surface area contributed by atoms with Crippen molar-refractivity contribution in [1.29, 1.82) is 0 Å². The molecule has 2 rings (SSSR count). The van der Waals surface area contributed by atoms with Crippen molar-refractivity contribution in [2.75, 3.05) is 12.4 Å².